The predicted octanol–water partition coefficient (Wildman–Crippen LogP) is 1.99. The van der Waals surface area contributed by atoms with E-state index >= 15 is 0 Å². The third-order valence-electron chi connectivity index (χ3n) is 4.35. The highest BCUT2D eigenvalue weighted by molar-refractivity contribution is 7.89. The van der Waals surface area contributed by atoms with Gasteiger partial charge in [-0.1, -0.05) is 13.8 Å². The van der Waals surface area contributed by atoms with E-state index in [0.717, 1.165) is 44.4 Å². The molecule has 1 saturated heterocycles. The number of likely N-dealkylation sites (tertiary alicyclic amines) is 1. The molecule has 6 nitrogen and oxygen atoms in total. The van der Waals surface area contributed by atoms with E-state index in [1.54, 1.807) is 6.07 Å². The summed E-state index contributed by atoms with van der Waals surface area (Å²) in [6, 6.07) is 6.35. The first-order valence-electron chi connectivity index (χ1n) is 8.32. The third kappa shape index (κ3) is 5.20. The minimum atomic E-state index is -3.79. The van der Waals surface area contributed by atoms with E-state index in [0.29, 0.717) is 11.3 Å². The van der Waals surface area contributed by atoms with Crippen LogP contribution in [0, 0.1) is 23.2 Å². The zero-order valence-corrected chi connectivity index (χ0v) is 15.1. The van der Waals surface area contributed by atoms with Gasteiger partial charge >= 0.3 is 0 Å². The van der Waals surface area contributed by atoms with Crippen molar-refractivity contribution in [1.82, 2.24) is 4.90 Å². The molecule has 1 aromatic carbocycles. The van der Waals surface area contributed by atoms with Crippen molar-refractivity contribution in [2.45, 2.75) is 31.6 Å². The van der Waals surface area contributed by atoms with Crippen molar-refractivity contribution in [2.75, 3.05) is 31.5 Å². The monoisotopic (exact) mass is 350 g/mol. The summed E-state index contributed by atoms with van der Waals surface area (Å²) < 4.78 is 22.7. The summed E-state index contributed by atoms with van der Waals surface area (Å²) in [5, 5.41) is 17.5. The van der Waals surface area contributed by atoms with Gasteiger partial charge in [-0.2, -0.15) is 5.26 Å². The number of primary sulfonamides is 1. The zero-order valence-electron chi connectivity index (χ0n) is 14.3. The number of piperidine rings is 1. The molecular formula is C17H26N4O2S. The minimum Gasteiger partial charge on any atom is -0.384 e. The highest BCUT2D eigenvalue weighted by Gasteiger charge is 2.21. The van der Waals surface area contributed by atoms with Crippen LogP contribution in [-0.2, 0) is 10.0 Å². The lowest BCUT2D eigenvalue weighted by molar-refractivity contribution is 0.141. The van der Waals surface area contributed by atoms with Gasteiger partial charge < -0.3 is 10.2 Å². The van der Waals surface area contributed by atoms with Gasteiger partial charge in [0.2, 0.25) is 10.0 Å². The number of rotatable bonds is 6. The van der Waals surface area contributed by atoms with Crippen LogP contribution in [0.25, 0.3) is 0 Å². The van der Waals surface area contributed by atoms with E-state index in [1.165, 1.54) is 18.6 Å². The maximum absolute atomic E-state index is 11.3. The quantitative estimate of drug-likeness (QED) is 0.764. The maximum atomic E-state index is 11.3. The second-order valence-electron chi connectivity index (χ2n) is 6.85. The van der Waals surface area contributed by atoms with Crippen LogP contribution in [0.1, 0.15) is 32.3 Å². The summed E-state index contributed by atoms with van der Waals surface area (Å²) in [5.74, 6) is 1.50. The molecule has 0 spiro atoms. The molecule has 1 aliphatic heterocycles. The largest absolute Gasteiger partial charge is 0.384 e. The van der Waals surface area contributed by atoms with Crippen LogP contribution in [-0.4, -0.2) is 39.5 Å². The number of sulfonamides is 1. The lowest BCUT2D eigenvalue weighted by atomic mass is 9.92. The molecule has 0 bridgehead atoms. The molecule has 2 rings (SSSR count). The first kappa shape index (κ1) is 18.7. The Kier molecular flexibility index (Phi) is 6.21. The van der Waals surface area contributed by atoms with Crippen LogP contribution in [0.3, 0.4) is 0 Å². The van der Waals surface area contributed by atoms with Crippen molar-refractivity contribution in [3.63, 3.8) is 0 Å². The molecule has 24 heavy (non-hydrogen) atoms. The molecule has 1 aromatic rings. The van der Waals surface area contributed by atoms with Gasteiger partial charge in [0.15, 0.2) is 0 Å². The second-order valence-corrected chi connectivity index (χ2v) is 8.41. The second kappa shape index (κ2) is 7.97. The average Bonchev–Trinajstić information content (AvgIpc) is 2.49. The van der Waals surface area contributed by atoms with Crippen LogP contribution < -0.4 is 10.5 Å². The molecule has 1 fully saturated rings. The smallest absolute Gasteiger partial charge is 0.238 e. The Morgan fingerprint density at radius 1 is 1.33 bits per heavy atom. The zero-order chi connectivity index (χ0) is 17.7. The van der Waals surface area contributed by atoms with Crippen LogP contribution >= 0.6 is 0 Å². The molecule has 0 amide bonds. The van der Waals surface area contributed by atoms with Crippen molar-refractivity contribution in [2.24, 2.45) is 17.0 Å². The highest BCUT2D eigenvalue weighted by atomic mass is 32.2. The number of hydrogen-bond donors (Lipinski definition) is 2. The Morgan fingerprint density at radius 3 is 2.58 bits per heavy atom. The molecule has 2 unspecified atom stereocenters. The fraction of sp³-hybridized carbons (Fsp3) is 0.588. The number of anilines is 1. The van der Waals surface area contributed by atoms with Crippen molar-refractivity contribution >= 4 is 15.7 Å². The van der Waals surface area contributed by atoms with Gasteiger partial charge in [0.05, 0.1) is 16.1 Å². The SMILES string of the molecule is CC1CC(C)CN(CCCNc2ccc(S(N)(=O)=O)cc2C#N)C1. The van der Waals surface area contributed by atoms with Crippen molar-refractivity contribution in [1.29, 1.82) is 5.26 Å². The predicted molar refractivity (Wildman–Crippen MR) is 95.0 cm³/mol. The Bertz CT molecular complexity index is 702. The molecule has 0 radical (unpaired) electrons. The van der Waals surface area contributed by atoms with Gasteiger partial charge in [-0.15, -0.1) is 0 Å². The summed E-state index contributed by atoms with van der Waals surface area (Å²) in [6.07, 6.45) is 2.28. The number of nitrogens with zero attached hydrogens (tertiary/aromatic N) is 2. The summed E-state index contributed by atoms with van der Waals surface area (Å²) in [6.45, 7) is 8.66. The Labute approximate surface area is 144 Å². The van der Waals surface area contributed by atoms with Crippen molar-refractivity contribution < 1.29 is 8.42 Å². The molecule has 2 atom stereocenters. The average molecular weight is 350 g/mol. The van der Waals surface area contributed by atoms with Gasteiger partial charge in [-0.25, -0.2) is 13.6 Å². The maximum Gasteiger partial charge on any atom is 0.238 e. The van der Waals surface area contributed by atoms with Crippen LogP contribution in [0.15, 0.2) is 23.1 Å². The number of hydrogen-bond acceptors (Lipinski definition) is 5. The first-order chi connectivity index (χ1) is 11.3. The number of benzene rings is 1. The molecule has 132 valence electrons. The van der Waals surface area contributed by atoms with Gasteiger partial charge in [-0.05, 0) is 49.4 Å². The molecule has 0 saturated carbocycles. The fourth-order valence-electron chi connectivity index (χ4n) is 3.45. The third-order valence-corrected chi connectivity index (χ3v) is 5.26. The number of nitrogens with one attached hydrogen (secondary N) is 1. The van der Waals surface area contributed by atoms with Gasteiger partial charge in [0, 0.05) is 19.6 Å². The van der Waals surface area contributed by atoms with E-state index in [2.05, 4.69) is 24.1 Å². The Morgan fingerprint density at radius 2 is 2.00 bits per heavy atom. The standard InChI is InChI=1S/C17H26N4O2S/c1-13-8-14(2)12-21(11-13)7-3-6-20-17-5-4-16(24(19,22)23)9-15(17)10-18/h4-5,9,13-14,20H,3,6-8,11-12H2,1-2H3,(H2,19,22,23). The van der Waals surface area contributed by atoms with E-state index in [1.807, 2.05) is 6.07 Å². The molecule has 1 heterocycles. The molecule has 0 aromatic heterocycles. The van der Waals surface area contributed by atoms with E-state index in [4.69, 9.17) is 5.14 Å². The summed E-state index contributed by atoms with van der Waals surface area (Å²) in [5.41, 5.74) is 0.937. The molecule has 1 aliphatic rings. The first-order valence-corrected chi connectivity index (χ1v) is 9.87. The number of nitriles is 1. The van der Waals surface area contributed by atoms with Crippen LogP contribution in [0.2, 0.25) is 0 Å². The van der Waals surface area contributed by atoms with Gasteiger partial charge in [-0.3, -0.25) is 0 Å². The van der Waals surface area contributed by atoms with Crippen LogP contribution in [0.4, 0.5) is 5.69 Å². The molecular weight excluding hydrogens is 324 g/mol. The molecule has 3 N–H and O–H groups in total. The highest BCUT2D eigenvalue weighted by Crippen LogP contribution is 2.21. The molecule has 0 aliphatic carbocycles. The Balaban J connectivity index is 1.87. The van der Waals surface area contributed by atoms with Crippen LogP contribution in [0.5, 0.6) is 0 Å². The topological polar surface area (TPSA) is 99.2 Å². The minimum absolute atomic E-state index is 0.0408. The van der Waals surface area contributed by atoms with E-state index in [-0.39, 0.29) is 4.90 Å². The van der Waals surface area contributed by atoms with E-state index in [9.17, 15) is 13.7 Å². The van der Waals surface area contributed by atoms with E-state index < -0.39 is 10.0 Å². The summed E-state index contributed by atoms with van der Waals surface area (Å²) >= 11 is 0. The fourth-order valence-corrected chi connectivity index (χ4v) is 3.99. The lowest BCUT2D eigenvalue weighted by Crippen LogP contribution is -2.39. The summed E-state index contributed by atoms with van der Waals surface area (Å²) in [7, 11) is -3.79. The van der Waals surface area contributed by atoms with Crippen molar-refractivity contribution in [3.8, 4) is 6.07 Å². The molecule has 7 heteroatoms. The Hall–Kier alpha value is -1.62. The lowest BCUT2D eigenvalue weighted by Gasteiger charge is -2.35. The van der Waals surface area contributed by atoms with Gasteiger partial charge in [0.25, 0.3) is 0 Å². The summed E-state index contributed by atoms with van der Waals surface area (Å²) in [4.78, 5) is 2.46. The normalized spacial score (nSPS) is 22.1. The van der Waals surface area contributed by atoms with Crippen molar-refractivity contribution in [3.05, 3.63) is 23.8 Å². The number of nitrogens with two attached hydrogens (primary N) is 1. The van der Waals surface area contributed by atoms with Gasteiger partial charge in [0.1, 0.15) is 6.07 Å².